The van der Waals surface area contributed by atoms with E-state index in [9.17, 15) is 9.90 Å². The topological polar surface area (TPSA) is 78.6 Å². The fourth-order valence-corrected chi connectivity index (χ4v) is 4.33. The quantitative estimate of drug-likeness (QED) is 0.411. The van der Waals surface area contributed by atoms with Crippen LogP contribution in [0.2, 0.25) is 0 Å². The van der Waals surface area contributed by atoms with Crippen molar-refractivity contribution in [1.82, 2.24) is 10.3 Å². The lowest BCUT2D eigenvalue weighted by Crippen LogP contribution is -2.29. The average Bonchev–Trinajstić information content (AvgIpc) is 3.45. The van der Waals surface area contributed by atoms with E-state index < -0.39 is 5.97 Å². The van der Waals surface area contributed by atoms with E-state index in [0.29, 0.717) is 22.2 Å². The molecule has 2 N–H and O–H groups in total. The summed E-state index contributed by atoms with van der Waals surface area (Å²) in [6.07, 6.45) is 1.76. The van der Waals surface area contributed by atoms with Gasteiger partial charge in [0.05, 0.1) is 17.3 Å². The predicted molar refractivity (Wildman–Crippen MR) is 125 cm³/mol. The van der Waals surface area contributed by atoms with Gasteiger partial charge in [-0.3, -0.25) is 4.98 Å². The fraction of sp³-hybridized carbons (Fsp3) is 0.0800. The van der Waals surface area contributed by atoms with E-state index in [2.05, 4.69) is 10.3 Å². The Hall–Kier alpha value is -3.97. The summed E-state index contributed by atoms with van der Waals surface area (Å²) >= 11 is 5.70. The van der Waals surface area contributed by atoms with Gasteiger partial charge in [0.2, 0.25) is 0 Å². The van der Waals surface area contributed by atoms with Crippen LogP contribution in [0.15, 0.2) is 95.5 Å². The second kappa shape index (κ2) is 8.28. The maximum atomic E-state index is 11.4. The van der Waals surface area contributed by atoms with Crippen LogP contribution in [-0.2, 0) is 0 Å². The van der Waals surface area contributed by atoms with Gasteiger partial charge < -0.3 is 19.7 Å². The third kappa shape index (κ3) is 3.63. The number of furan rings is 1. The minimum atomic E-state index is -0.977. The molecule has 6 nitrogen and oxygen atoms in total. The molecule has 3 heterocycles. The molecule has 7 heteroatoms. The van der Waals surface area contributed by atoms with Crippen molar-refractivity contribution in [3.63, 3.8) is 0 Å². The van der Waals surface area contributed by atoms with E-state index in [-0.39, 0.29) is 17.6 Å². The highest BCUT2D eigenvalue weighted by molar-refractivity contribution is 7.80. The van der Waals surface area contributed by atoms with Gasteiger partial charge in [-0.05, 0) is 60.7 Å². The molecule has 1 aliphatic heterocycles. The summed E-state index contributed by atoms with van der Waals surface area (Å²) in [5, 5.41) is 13.3. The van der Waals surface area contributed by atoms with Gasteiger partial charge in [0, 0.05) is 17.4 Å². The summed E-state index contributed by atoms with van der Waals surface area (Å²) in [4.78, 5) is 17.9. The average molecular weight is 442 g/mol. The van der Waals surface area contributed by atoms with Crippen molar-refractivity contribution in [2.45, 2.75) is 12.1 Å². The number of rotatable bonds is 5. The summed E-state index contributed by atoms with van der Waals surface area (Å²) in [5.41, 5.74) is 2.70. The smallest absolute Gasteiger partial charge is 0.335 e. The largest absolute Gasteiger partial charge is 0.478 e. The number of nitrogens with one attached hydrogen (secondary N) is 1. The van der Waals surface area contributed by atoms with Crippen molar-refractivity contribution in [1.29, 1.82) is 0 Å². The molecule has 2 atom stereocenters. The summed E-state index contributed by atoms with van der Waals surface area (Å²) in [7, 11) is 0. The standard InChI is InChI=1S/C25H19N3O3S/c29-24(30)17-8-6-7-16(15-17)20-12-13-21(31-20)23-22(19-11-4-5-14-26-19)27-25(32)28(23)18-9-2-1-3-10-18/h1-15,22-23H,(H,27,32)(H,29,30)/t22-,23+/m0/s1. The molecule has 1 saturated heterocycles. The van der Waals surface area contributed by atoms with Crippen LogP contribution in [0.3, 0.4) is 0 Å². The Morgan fingerprint density at radius 3 is 2.56 bits per heavy atom. The number of carboxylic acid groups (broad SMARTS) is 1. The van der Waals surface area contributed by atoms with Gasteiger partial charge in [0.1, 0.15) is 17.6 Å². The number of carboxylic acids is 1. The molecular formula is C25H19N3O3S. The molecule has 0 radical (unpaired) electrons. The molecule has 0 amide bonds. The molecule has 0 spiro atoms. The van der Waals surface area contributed by atoms with E-state index in [4.69, 9.17) is 16.6 Å². The molecule has 0 saturated carbocycles. The molecule has 1 fully saturated rings. The van der Waals surface area contributed by atoms with Crippen molar-refractivity contribution in [2.75, 3.05) is 4.90 Å². The number of anilines is 1. The first-order valence-corrected chi connectivity index (χ1v) is 10.5. The second-order valence-electron chi connectivity index (χ2n) is 7.42. The first-order chi connectivity index (χ1) is 15.6. The van der Waals surface area contributed by atoms with Crippen LogP contribution in [0.5, 0.6) is 0 Å². The summed E-state index contributed by atoms with van der Waals surface area (Å²) < 4.78 is 6.28. The molecule has 2 aromatic carbocycles. The molecule has 2 aromatic heterocycles. The van der Waals surface area contributed by atoms with Gasteiger partial charge in [0.15, 0.2) is 5.11 Å². The monoisotopic (exact) mass is 441 g/mol. The number of aromatic carboxylic acids is 1. The van der Waals surface area contributed by atoms with Crippen molar-refractivity contribution >= 4 is 29.0 Å². The molecule has 4 aromatic rings. The molecule has 158 valence electrons. The molecule has 32 heavy (non-hydrogen) atoms. The summed E-state index contributed by atoms with van der Waals surface area (Å²) in [6, 6.07) is 25.7. The number of hydrogen-bond donors (Lipinski definition) is 2. The minimum absolute atomic E-state index is 0.210. The lowest BCUT2D eigenvalue weighted by molar-refractivity contribution is 0.0697. The Labute approximate surface area is 190 Å². The van der Waals surface area contributed by atoms with Crippen molar-refractivity contribution in [2.24, 2.45) is 0 Å². The predicted octanol–water partition coefficient (Wildman–Crippen LogP) is 5.22. The number of pyridine rings is 1. The highest BCUT2D eigenvalue weighted by Gasteiger charge is 2.42. The van der Waals surface area contributed by atoms with Gasteiger partial charge in [-0.25, -0.2) is 4.79 Å². The molecule has 0 unspecified atom stereocenters. The number of para-hydroxylation sites is 1. The van der Waals surface area contributed by atoms with E-state index in [1.165, 1.54) is 0 Å². The molecular weight excluding hydrogens is 422 g/mol. The van der Waals surface area contributed by atoms with Gasteiger partial charge >= 0.3 is 5.97 Å². The lowest BCUT2D eigenvalue weighted by atomic mass is 10.0. The normalized spacial score (nSPS) is 17.9. The van der Waals surface area contributed by atoms with Crippen LogP contribution < -0.4 is 10.2 Å². The van der Waals surface area contributed by atoms with Crippen LogP contribution in [0.1, 0.15) is 33.9 Å². The van der Waals surface area contributed by atoms with Crippen molar-refractivity contribution in [3.8, 4) is 11.3 Å². The molecule has 0 aliphatic carbocycles. The van der Waals surface area contributed by atoms with Crippen LogP contribution in [0.25, 0.3) is 11.3 Å². The Balaban J connectivity index is 1.58. The van der Waals surface area contributed by atoms with E-state index in [1.54, 1.807) is 24.4 Å². The Morgan fingerprint density at radius 1 is 1.00 bits per heavy atom. The van der Waals surface area contributed by atoms with Gasteiger partial charge in [-0.2, -0.15) is 0 Å². The molecule has 1 aliphatic rings. The number of thiocarbonyl (C=S) groups is 1. The number of hydrogen-bond acceptors (Lipinski definition) is 4. The maximum Gasteiger partial charge on any atom is 0.335 e. The number of aromatic nitrogens is 1. The van der Waals surface area contributed by atoms with Crippen molar-refractivity contribution in [3.05, 3.63) is 108 Å². The number of benzene rings is 2. The third-order valence-corrected chi connectivity index (χ3v) is 5.76. The van der Waals surface area contributed by atoms with Gasteiger partial charge in [-0.1, -0.05) is 36.4 Å². The second-order valence-corrected chi connectivity index (χ2v) is 7.81. The fourth-order valence-electron chi connectivity index (χ4n) is 3.98. The van der Waals surface area contributed by atoms with Crippen LogP contribution in [0, 0.1) is 0 Å². The Kier molecular flexibility index (Phi) is 5.17. The van der Waals surface area contributed by atoms with Crippen molar-refractivity contribution < 1.29 is 14.3 Å². The van der Waals surface area contributed by atoms with E-state index in [0.717, 1.165) is 11.4 Å². The van der Waals surface area contributed by atoms with Gasteiger partial charge in [-0.15, -0.1) is 0 Å². The number of carbonyl (C=O) groups is 1. The SMILES string of the molecule is O=C(O)c1cccc(-c2ccc([C@@H]3[C@H](c4ccccn4)NC(=S)N3c3ccccc3)o2)c1. The van der Waals surface area contributed by atoms with E-state index >= 15 is 0 Å². The first-order valence-electron chi connectivity index (χ1n) is 10.1. The highest BCUT2D eigenvalue weighted by atomic mass is 32.1. The lowest BCUT2D eigenvalue weighted by Gasteiger charge is -2.26. The van der Waals surface area contributed by atoms with Gasteiger partial charge in [0.25, 0.3) is 0 Å². The summed E-state index contributed by atoms with van der Waals surface area (Å²) in [5.74, 6) is 0.315. The van der Waals surface area contributed by atoms with Crippen LogP contribution in [0.4, 0.5) is 5.69 Å². The first kappa shape index (κ1) is 20.0. The van der Waals surface area contributed by atoms with E-state index in [1.807, 2.05) is 71.6 Å². The Bertz CT molecular complexity index is 1270. The minimum Gasteiger partial charge on any atom is -0.478 e. The highest BCUT2D eigenvalue weighted by Crippen LogP contribution is 2.42. The number of nitrogens with zero attached hydrogens (tertiary/aromatic N) is 2. The molecule has 5 rings (SSSR count). The zero-order valence-corrected chi connectivity index (χ0v) is 17.7. The maximum absolute atomic E-state index is 11.4. The summed E-state index contributed by atoms with van der Waals surface area (Å²) in [6.45, 7) is 0. The van der Waals surface area contributed by atoms with Crippen LogP contribution >= 0.6 is 12.2 Å². The Morgan fingerprint density at radius 2 is 1.81 bits per heavy atom. The zero-order valence-electron chi connectivity index (χ0n) is 16.9. The van der Waals surface area contributed by atoms with Crippen LogP contribution in [-0.4, -0.2) is 21.2 Å². The molecule has 0 bridgehead atoms. The zero-order chi connectivity index (χ0) is 22.1. The third-order valence-electron chi connectivity index (χ3n) is 5.44.